The van der Waals surface area contributed by atoms with E-state index in [1.807, 2.05) is 0 Å². The lowest BCUT2D eigenvalue weighted by Crippen LogP contribution is -2.41. The monoisotopic (exact) mass is 260 g/mol. The predicted molar refractivity (Wildman–Crippen MR) is 66.9 cm³/mol. The van der Waals surface area contributed by atoms with Crippen LogP contribution in [0, 0.1) is 11.8 Å². The average molecular weight is 261 g/mol. The quantitative estimate of drug-likeness (QED) is 0.781. The molecule has 17 heavy (non-hydrogen) atoms. The van der Waals surface area contributed by atoms with Crippen LogP contribution in [-0.2, 0) is 14.2 Å². The summed E-state index contributed by atoms with van der Waals surface area (Å²) in [6.07, 6.45) is 6.86. The molecule has 4 heteroatoms. The Bertz CT molecular complexity index is 241. The van der Waals surface area contributed by atoms with Crippen molar-refractivity contribution in [2.45, 2.75) is 38.1 Å². The normalized spacial score (nSPS) is 39.6. The highest BCUT2D eigenvalue weighted by atomic mass is 35.5. The highest BCUT2D eigenvalue weighted by Crippen LogP contribution is 2.34. The first kappa shape index (κ1) is 13.3. The Morgan fingerprint density at radius 2 is 1.76 bits per heavy atom. The minimum Gasteiger partial charge on any atom is -0.377 e. The van der Waals surface area contributed by atoms with E-state index in [0.717, 1.165) is 12.8 Å². The Kier molecular flexibility index (Phi) is 5.29. The SMILES string of the molecule is CO[C@H]1CO[C@H]([C@H]2CC[C@H](/C=C/Cl)CC2)OC1. The number of halogens is 1. The molecule has 0 aromatic heterocycles. The van der Waals surface area contributed by atoms with Crippen LogP contribution < -0.4 is 0 Å². The number of ether oxygens (including phenoxy) is 3. The molecule has 0 aromatic carbocycles. The van der Waals surface area contributed by atoms with Gasteiger partial charge in [0, 0.05) is 18.6 Å². The molecule has 0 bridgehead atoms. The topological polar surface area (TPSA) is 27.7 Å². The van der Waals surface area contributed by atoms with E-state index in [1.165, 1.54) is 12.8 Å². The fourth-order valence-corrected chi connectivity index (χ4v) is 2.83. The van der Waals surface area contributed by atoms with Crippen LogP contribution in [0.5, 0.6) is 0 Å². The van der Waals surface area contributed by atoms with Gasteiger partial charge in [0.05, 0.1) is 13.2 Å². The lowest BCUT2D eigenvalue weighted by atomic mass is 9.81. The van der Waals surface area contributed by atoms with E-state index in [9.17, 15) is 0 Å². The van der Waals surface area contributed by atoms with E-state index in [4.69, 9.17) is 25.8 Å². The highest BCUT2D eigenvalue weighted by molar-refractivity contribution is 6.25. The van der Waals surface area contributed by atoms with Crippen LogP contribution in [0.25, 0.3) is 0 Å². The Morgan fingerprint density at radius 1 is 1.12 bits per heavy atom. The molecule has 1 saturated heterocycles. The Labute approximate surface area is 108 Å². The van der Waals surface area contributed by atoms with Gasteiger partial charge in [0.1, 0.15) is 6.10 Å². The molecule has 0 atom stereocenters. The van der Waals surface area contributed by atoms with Gasteiger partial charge in [-0.1, -0.05) is 17.7 Å². The number of hydrogen-bond donors (Lipinski definition) is 0. The lowest BCUT2D eigenvalue weighted by molar-refractivity contribution is -0.245. The van der Waals surface area contributed by atoms with Crippen molar-refractivity contribution in [2.24, 2.45) is 11.8 Å². The van der Waals surface area contributed by atoms with Crippen molar-refractivity contribution in [1.29, 1.82) is 0 Å². The van der Waals surface area contributed by atoms with Gasteiger partial charge in [-0.05, 0) is 31.6 Å². The second-order valence-electron chi connectivity index (χ2n) is 4.89. The van der Waals surface area contributed by atoms with Crippen molar-refractivity contribution in [3.05, 3.63) is 11.6 Å². The fourth-order valence-electron chi connectivity index (χ4n) is 2.62. The van der Waals surface area contributed by atoms with Gasteiger partial charge in [-0.25, -0.2) is 0 Å². The molecule has 2 rings (SSSR count). The number of rotatable bonds is 3. The first-order valence-electron chi connectivity index (χ1n) is 6.36. The molecule has 3 nitrogen and oxygen atoms in total. The minimum atomic E-state index is -0.0256. The molecule has 0 radical (unpaired) electrons. The summed E-state index contributed by atoms with van der Waals surface area (Å²) in [5.74, 6) is 1.17. The Hall–Kier alpha value is -0.0900. The maximum absolute atomic E-state index is 5.72. The van der Waals surface area contributed by atoms with E-state index < -0.39 is 0 Å². The third-order valence-corrected chi connectivity index (χ3v) is 3.92. The van der Waals surface area contributed by atoms with Gasteiger partial charge >= 0.3 is 0 Å². The van der Waals surface area contributed by atoms with Crippen LogP contribution in [0.2, 0.25) is 0 Å². The first-order valence-corrected chi connectivity index (χ1v) is 6.80. The van der Waals surface area contributed by atoms with E-state index in [2.05, 4.69) is 6.08 Å². The molecule has 1 aliphatic carbocycles. The van der Waals surface area contributed by atoms with Crippen LogP contribution in [0.15, 0.2) is 11.6 Å². The fraction of sp³-hybridized carbons (Fsp3) is 0.846. The summed E-state index contributed by atoms with van der Waals surface area (Å²) in [5.41, 5.74) is 1.64. The van der Waals surface area contributed by atoms with Crippen molar-refractivity contribution < 1.29 is 14.2 Å². The number of allylic oxidation sites excluding steroid dienone is 1. The molecule has 0 aromatic rings. The molecule has 2 aliphatic rings. The summed E-state index contributed by atoms with van der Waals surface area (Å²) in [6, 6.07) is 0. The Morgan fingerprint density at radius 3 is 2.29 bits per heavy atom. The molecule has 1 saturated carbocycles. The molecule has 1 aliphatic heterocycles. The molecule has 0 spiro atoms. The van der Waals surface area contributed by atoms with Crippen molar-refractivity contribution in [2.75, 3.05) is 20.3 Å². The zero-order chi connectivity index (χ0) is 12.1. The zero-order valence-corrected chi connectivity index (χ0v) is 11.1. The lowest BCUT2D eigenvalue weighted by Gasteiger charge is -2.36. The predicted octanol–water partition coefficient (Wildman–Crippen LogP) is 2.93. The van der Waals surface area contributed by atoms with Gasteiger partial charge < -0.3 is 14.2 Å². The Balaban J connectivity index is 1.74. The minimum absolute atomic E-state index is 0.0256. The van der Waals surface area contributed by atoms with Crippen LogP contribution in [0.3, 0.4) is 0 Å². The van der Waals surface area contributed by atoms with E-state index in [0.29, 0.717) is 25.0 Å². The summed E-state index contributed by atoms with van der Waals surface area (Å²) >= 11 is 5.61. The van der Waals surface area contributed by atoms with Gasteiger partial charge in [0.15, 0.2) is 6.29 Å². The standard InChI is InChI=1S/C13H21ClO3/c1-15-12-8-16-13(17-9-12)11-4-2-10(3-5-11)6-7-14/h6-7,10-13H,2-5,8-9H2,1H3/b7-6+/t10-,11-,12-,13-. The van der Waals surface area contributed by atoms with E-state index >= 15 is 0 Å². The van der Waals surface area contributed by atoms with Crippen molar-refractivity contribution in [3.63, 3.8) is 0 Å². The second-order valence-corrected chi connectivity index (χ2v) is 5.14. The average Bonchev–Trinajstić information content (AvgIpc) is 2.40. The van der Waals surface area contributed by atoms with Gasteiger partial charge in [-0.2, -0.15) is 0 Å². The third-order valence-electron chi connectivity index (χ3n) is 3.77. The van der Waals surface area contributed by atoms with Crippen molar-refractivity contribution >= 4 is 11.6 Å². The first-order chi connectivity index (χ1) is 8.33. The molecule has 0 N–H and O–H groups in total. The summed E-state index contributed by atoms with van der Waals surface area (Å²) in [7, 11) is 1.70. The number of hydrogen-bond acceptors (Lipinski definition) is 3. The summed E-state index contributed by atoms with van der Waals surface area (Å²) < 4.78 is 16.7. The largest absolute Gasteiger partial charge is 0.377 e. The molecular formula is C13H21ClO3. The van der Waals surface area contributed by atoms with Gasteiger partial charge in [0.25, 0.3) is 0 Å². The van der Waals surface area contributed by atoms with E-state index in [-0.39, 0.29) is 12.4 Å². The van der Waals surface area contributed by atoms with Crippen LogP contribution >= 0.6 is 11.6 Å². The highest BCUT2D eigenvalue weighted by Gasteiger charge is 2.31. The van der Waals surface area contributed by atoms with Crippen molar-refractivity contribution in [1.82, 2.24) is 0 Å². The smallest absolute Gasteiger partial charge is 0.160 e. The molecule has 0 amide bonds. The summed E-state index contributed by atoms with van der Waals surface area (Å²) in [5, 5.41) is 0. The second kappa shape index (κ2) is 6.74. The van der Waals surface area contributed by atoms with Gasteiger partial charge in [-0.15, -0.1) is 0 Å². The maximum Gasteiger partial charge on any atom is 0.160 e. The maximum atomic E-state index is 5.72. The third kappa shape index (κ3) is 3.68. The molecular weight excluding hydrogens is 240 g/mol. The van der Waals surface area contributed by atoms with Crippen molar-refractivity contribution in [3.8, 4) is 0 Å². The molecule has 98 valence electrons. The van der Waals surface area contributed by atoms with Gasteiger partial charge in [-0.3, -0.25) is 0 Å². The van der Waals surface area contributed by atoms with Crippen LogP contribution in [-0.4, -0.2) is 32.7 Å². The van der Waals surface area contributed by atoms with Crippen LogP contribution in [0.1, 0.15) is 25.7 Å². The summed E-state index contributed by atoms with van der Waals surface area (Å²) in [4.78, 5) is 0. The molecule has 1 heterocycles. The van der Waals surface area contributed by atoms with Gasteiger partial charge in [0.2, 0.25) is 0 Å². The number of methoxy groups -OCH3 is 1. The molecule has 0 unspecified atom stereocenters. The van der Waals surface area contributed by atoms with E-state index in [1.54, 1.807) is 12.6 Å². The zero-order valence-electron chi connectivity index (χ0n) is 10.3. The molecule has 2 fully saturated rings. The summed E-state index contributed by atoms with van der Waals surface area (Å²) in [6.45, 7) is 1.31. The van der Waals surface area contributed by atoms with Crippen LogP contribution in [0.4, 0.5) is 0 Å².